The summed E-state index contributed by atoms with van der Waals surface area (Å²) < 4.78 is 5.84. The summed E-state index contributed by atoms with van der Waals surface area (Å²) in [6.07, 6.45) is 0. The molecule has 0 heterocycles. The van der Waals surface area contributed by atoms with E-state index in [4.69, 9.17) is 16.0 Å². The molecule has 0 N–H and O–H groups in total. The first kappa shape index (κ1) is 12.6. The summed E-state index contributed by atoms with van der Waals surface area (Å²) in [4.78, 5) is 0. The standard InChI is InChI=1S/C12H18ClOSi/c1-9(2)12(3,4)15-14-11-8-6-5-7-10(11)13/h5,7-9H,15H2,1-4H3. The van der Waals surface area contributed by atoms with Crippen LogP contribution >= 0.6 is 11.6 Å². The SMILES string of the molecule is CC(C)C(C)(C)[SiH2]Oc1c[c]ccc1Cl. The van der Waals surface area contributed by atoms with Gasteiger partial charge >= 0.3 is 0 Å². The van der Waals surface area contributed by atoms with Crippen LogP contribution in [0.4, 0.5) is 0 Å². The summed E-state index contributed by atoms with van der Waals surface area (Å²) in [5.74, 6) is 1.41. The van der Waals surface area contributed by atoms with Gasteiger partial charge in [-0.15, -0.1) is 0 Å². The molecule has 83 valence electrons. The van der Waals surface area contributed by atoms with Gasteiger partial charge < -0.3 is 4.43 Å². The molecule has 0 spiro atoms. The molecule has 0 atom stereocenters. The second kappa shape index (κ2) is 5.04. The molecule has 1 nitrogen and oxygen atoms in total. The van der Waals surface area contributed by atoms with E-state index in [2.05, 4.69) is 33.8 Å². The van der Waals surface area contributed by atoms with Crippen LogP contribution in [0.5, 0.6) is 5.75 Å². The summed E-state index contributed by atoms with van der Waals surface area (Å²) in [6.45, 7) is 8.97. The monoisotopic (exact) mass is 241 g/mol. The van der Waals surface area contributed by atoms with Crippen molar-refractivity contribution in [3.63, 3.8) is 0 Å². The number of rotatable bonds is 4. The normalized spacial score (nSPS) is 12.7. The van der Waals surface area contributed by atoms with Crippen molar-refractivity contribution in [1.82, 2.24) is 0 Å². The zero-order valence-electron chi connectivity index (χ0n) is 9.80. The van der Waals surface area contributed by atoms with E-state index in [1.165, 1.54) is 0 Å². The van der Waals surface area contributed by atoms with Gasteiger partial charge in [-0.3, -0.25) is 0 Å². The van der Waals surface area contributed by atoms with E-state index in [-0.39, 0.29) is 0 Å². The van der Waals surface area contributed by atoms with E-state index in [1.807, 2.05) is 12.1 Å². The van der Waals surface area contributed by atoms with Crippen LogP contribution in [0.2, 0.25) is 10.1 Å². The predicted molar refractivity (Wildman–Crippen MR) is 68.3 cm³/mol. The Morgan fingerprint density at radius 1 is 1.47 bits per heavy atom. The topological polar surface area (TPSA) is 9.23 Å². The highest BCUT2D eigenvalue weighted by molar-refractivity contribution is 6.35. The van der Waals surface area contributed by atoms with Crippen molar-refractivity contribution in [1.29, 1.82) is 0 Å². The Balaban J connectivity index is 2.62. The molecule has 0 fully saturated rings. The number of hydrogen-bond acceptors (Lipinski definition) is 1. The summed E-state index contributed by atoms with van der Waals surface area (Å²) in [5, 5.41) is 0.972. The lowest BCUT2D eigenvalue weighted by Crippen LogP contribution is -2.24. The van der Waals surface area contributed by atoms with Crippen molar-refractivity contribution in [2.24, 2.45) is 5.92 Å². The van der Waals surface area contributed by atoms with Gasteiger partial charge in [-0.2, -0.15) is 0 Å². The predicted octanol–water partition coefficient (Wildman–Crippen LogP) is 3.46. The molecule has 0 unspecified atom stereocenters. The molecule has 0 saturated heterocycles. The molecule has 0 bridgehead atoms. The zero-order valence-corrected chi connectivity index (χ0v) is 12.0. The average Bonchev–Trinajstić information content (AvgIpc) is 2.16. The average molecular weight is 242 g/mol. The summed E-state index contributed by atoms with van der Waals surface area (Å²) in [7, 11) is -0.632. The molecule has 0 saturated carbocycles. The van der Waals surface area contributed by atoms with Crippen molar-refractivity contribution >= 4 is 21.4 Å². The summed E-state index contributed by atoms with van der Waals surface area (Å²) in [5.41, 5.74) is 0. The molecule has 1 aromatic rings. The minimum Gasteiger partial charge on any atom is -0.548 e. The van der Waals surface area contributed by atoms with Crippen LogP contribution < -0.4 is 4.43 Å². The summed E-state index contributed by atoms with van der Waals surface area (Å²) in [6, 6.07) is 8.40. The fourth-order valence-corrected chi connectivity index (χ4v) is 2.30. The van der Waals surface area contributed by atoms with Crippen LogP contribution in [-0.2, 0) is 0 Å². The Hall–Kier alpha value is -0.473. The molecule has 0 aliphatic carbocycles. The second-order valence-electron chi connectivity index (χ2n) is 4.79. The van der Waals surface area contributed by atoms with Gasteiger partial charge in [0.25, 0.3) is 0 Å². The largest absolute Gasteiger partial charge is 0.548 e. The van der Waals surface area contributed by atoms with E-state index >= 15 is 0 Å². The van der Waals surface area contributed by atoms with Crippen molar-refractivity contribution in [3.8, 4) is 5.75 Å². The van der Waals surface area contributed by atoms with E-state index < -0.39 is 9.76 Å². The Morgan fingerprint density at radius 3 is 2.67 bits per heavy atom. The second-order valence-corrected chi connectivity index (χ2v) is 7.60. The maximum atomic E-state index is 6.01. The number of halogens is 1. The Morgan fingerprint density at radius 2 is 2.13 bits per heavy atom. The van der Waals surface area contributed by atoms with Crippen LogP contribution in [0.25, 0.3) is 0 Å². The van der Waals surface area contributed by atoms with Gasteiger partial charge in [0.05, 0.1) is 5.02 Å². The van der Waals surface area contributed by atoms with Crippen molar-refractivity contribution in [2.75, 3.05) is 0 Å². The van der Waals surface area contributed by atoms with Crippen LogP contribution in [0, 0.1) is 12.0 Å². The van der Waals surface area contributed by atoms with E-state index in [1.54, 1.807) is 6.07 Å². The first-order valence-corrected chi connectivity index (χ1v) is 6.88. The van der Waals surface area contributed by atoms with Crippen molar-refractivity contribution < 1.29 is 4.43 Å². The molecule has 1 rings (SSSR count). The van der Waals surface area contributed by atoms with E-state index in [0.29, 0.717) is 16.0 Å². The van der Waals surface area contributed by atoms with Gasteiger partial charge in [0.2, 0.25) is 9.76 Å². The van der Waals surface area contributed by atoms with Crippen LogP contribution in [0.15, 0.2) is 18.2 Å². The van der Waals surface area contributed by atoms with E-state index in [0.717, 1.165) is 5.75 Å². The molecule has 0 aliphatic rings. The van der Waals surface area contributed by atoms with Crippen molar-refractivity contribution in [3.05, 3.63) is 29.3 Å². The minimum absolute atomic E-state index is 0.291. The first-order valence-electron chi connectivity index (χ1n) is 5.22. The molecule has 1 aromatic carbocycles. The molecular formula is C12H18ClOSi. The van der Waals surface area contributed by atoms with Gasteiger partial charge in [0.1, 0.15) is 5.75 Å². The van der Waals surface area contributed by atoms with Crippen molar-refractivity contribution in [2.45, 2.75) is 32.7 Å². The van der Waals surface area contributed by atoms with Gasteiger partial charge in [-0.05, 0) is 29.2 Å². The Bertz CT molecular complexity index is 323. The van der Waals surface area contributed by atoms with Crippen LogP contribution in [0.3, 0.4) is 0 Å². The molecular weight excluding hydrogens is 224 g/mol. The molecule has 3 heteroatoms. The summed E-state index contributed by atoms with van der Waals surface area (Å²) >= 11 is 6.01. The lowest BCUT2D eigenvalue weighted by molar-refractivity contribution is 0.428. The minimum atomic E-state index is -0.632. The zero-order chi connectivity index (χ0) is 11.5. The van der Waals surface area contributed by atoms with Gasteiger partial charge in [-0.1, -0.05) is 45.4 Å². The lowest BCUT2D eigenvalue weighted by Gasteiger charge is -2.28. The highest BCUT2D eigenvalue weighted by Crippen LogP contribution is 2.34. The first-order chi connectivity index (χ1) is 6.93. The van der Waals surface area contributed by atoms with E-state index in [9.17, 15) is 0 Å². The Kier molecular flexibility index (Phi) is 4.23. The molecule has 0 aromatic heterocycles. The third kappa shape index (κ3) is 3.54. The Labute approximate surface area is 99.7 Å². The third-order valence-electron chi connectivity index (χ3n) is 2.94. The van der Waals surface area contributed by atoms with Crippen LogP contribution in [0.1, 0.15) is 27.7 Å². The molecule has 0 amide bonds. The fourth-order valence-electron chi connectivity index (χ4n) is 0.937. The lowest BCUT2D eigenvalue weighted by atomic mass is 9.99. The molecule has 0 aliphatic heterocycles. The van der Waals surface area contributed by atoms with Gasteiger partial charge in [0, 0.05) is 0 Å². The third-order valence-corrected chi connectivity index (χ3v) is 5.27. The molecule has 1 radical (unpaired) electrons. The maximum absolute atomic E-state index is 6.01. The highest BCUT2D eigenvalue weighted by Gasteiger charge is 2.24. The smallest absolute Gasteiger partial charge is 0.225 e. The highest BCUT2D eigenvalue weighted by atomic mass is 35.5. The van der Waals surface area contributed by atoms with Crippen LogP contribution in [-0.4, -0.2) is 9.76 Å². The van der Waals surface area contributed by atoms with Gasteiger partial charge in [-0.25, -0.2) is 0 Å². The quantitative estimate of drug-likeness (QED) is 0.734. The molecule has 15 heavy (non-hydrogen) atoms. The van der Waals surface area contributed by atoms with Gasteiger partial charge in [0.15, 0.2) is 0 Å². The number of benzene rings is 1. The fraction of sp³-hybridized carbons (Fsp3) is 0.500. The maximum Gasteiger partial charge on any atom is 0.225 e. The number of hydrogen-bond donors (Lipinski definition) is 0.